The lowest BCUT2D eigenvalue weighted by atomic mass is 10.1. The molecular weight excluding hydrogens is 290 g/mol. The number of hydrogen-bond acceptors (Lipinski definition) is 4. The summed E-state index contributed by atoms with van der Waals surface area (Å²) in [5.74, 6) is -0.291. The topological polar surface area (TPSA) is 81.8 Å². The first-order valence-electron chi connectivity index (χ1n) is 4.93. The van der Waals surface area contributed by atoms with Crippen molar-refractivity contribution in [1.82, 2.24) is 0 Å². The van der Waals surface area contributed by atoms with E-state index in [9.17, 15) is 4.79 Å². The van der Waals surface area contributed by atoms with Crippen LogP contribution in [0.5, 0.6) is 5.75 Å². The van der Waals surface area contributed by atoms with Gasteiger partial charge in [-0.1, -0.05) is 6.07 Å². The second-order valence-electron chi connectivity index (χ2n) is 3.41. The third-order valence-electron chi connectivity index (χ3n) is 2.13. The number of benzene rings is 1. The maximum Gasteiger partial charge on any atom is 0.329 e. The number of carbonyl (C=O) groups is 1. The second-order valence-corrected chi connectivity index (χ2v) is 4.26. The number of nitrogens with two attached hydrogens (primary N) is 1. The molecule has 1 aromatic carbocycles. The lowest BCUT2D eigenvalue weighted by Crippen LogP contribution is -2.19. The number of methoxy groups -OCH3 is 1. The zero-order valence-corrected chi connectivity index (χ0v) is 10.9. The first kappa shape index (κ1) is 14.0. The number of carboxylic acid groups (broad SMARTS) is 1. The molecule has 1 unspecified atom stereocenters. The minimum absolute atomic E-state index is 0.158. The normalized spacial score (nSPS) is 12.2. The van der Waals surface area contributed by atoms with Crippen LogP contribution in [-0.4, -0.2) is 31.4 Å². The van der Waals surface area contributed by atoms with Gasteiger partial charge in [-0.2, -0.15) is 0 Å². The molecule has 0 aliphatic rings. The Balaban J connectivity index is 2.59. The van der Waals surface area contributed by atoms with E-state index in [4.69, 9.17) is 20.3 Å². The second kappa shape index (κ2) is 6.58. The summed E-state index contributed by atoms with van der Waals surface area (Å²) in [4.78, 5) is 10.3. The van der Waals surface area contributed by atoms with E-state index in [0.717, 1.165) is 10.0 Å². The van der Waals surface area contributed by atoms with Crippen molar-refractivity contribution < 1.29 is 19.4 Å². The Morgan fingerprint density at radius 1 is 1.59 bits per heavy atom. The molecule has 0 aromatic heterocycles. The predicted molar refractivity (Wildman–Crippen MR) is 66.1 cm³/mol. The van der Waals surface area contributed by atoms with Gasteiger partial charge in [0.25, 0.3) is 0 Å². The van der Waals surface area contributed by atoms with Gasteiger partial charge in [0.05, 0.1) is 24.2 Å². The van der Waals surface area contributed by atoms with E-state index in [1.54, 1.807) is 13.2 Å². The molecule has 1 rings (SSSR count). The summed E-state index contributed by atoms with van der Waals surface area (Å²) in [6.07, 6.45) is 0. The van der Waals surface area contributed by atoms with Crippen molar-refractivity contribution in [2.24, 2.45) is 5.73 Å². The van der Waals surface area contributed by atoms with Crippen LogP contribution in [0.15, 0.2) is 22.7 Å². The molecule has 17 heavy (non-hydrogen) atoms. The molecule has 0 fully saturated rings. The van der Waals surface area contributed by atoms with Gasteiger partial charge in [-0.05, 0) is 33.6 Å². The fraction of sp³-hybridized carbons (Fsp3) is 0.364. The van der Waals surface area contributed by atoms with Gasteiger partial charge in [0.2, 0.25) is 0 Å². The molecule has 0 aliphatic heterocycles. The lowest BCUT2D eigenvalue weighted by Gasteiger charge is -2.13. The van der Waals surface area contributed by atoms with E-state index < -0.39 is 5.97 Å². The van der Waals surface area contributed by atoms with Crippen molar-refractivity contribution in [1.29, 1.82) is 0 Å². The van der Waals surface area contributed by atoms with Crippen LogP contribution in [0.3, 0.4) is 0 Å². The minimum atomic E-state index is -1.01. The Bertz CT molecular complexity index is 397. The van der Waals surface area contributed by atoms with Gasteiger partial charge in [-0.25, -0.2) is 4.79 Å². The van der Waals surface area contributed by atoms with E-state index in [-0.39, 0.29) is 19.3 Å². The molecule has 5 nitrogen and oxygen atoms in total. The smallest absolute Gasteiger partial charge is 0.329 e. The van der Waals surface area contributed by atoms with Crippen LogP contribution in [-0.2, 0) is 9.53 Å². The van der Waals surface area contributed by atoms with E-state index >= 15 is 0 Å². The maximum absolute atomic E-state index is 10.3. The van der Waals surface area contributed by atoms with Crippen molar-refractivity contribution >= 4 is 21.9 Å². The number of rotatable bonds is 6. The quantitative estimate of drug-likeness (QED) is 0.833. The molecule has 0 amide bonds. The number of hydrogen-bond donors (Lipinski definition) is 2. The summed E-state index contributed by atoms with van der Waals surface area (Å²) in [7, 11) is 1.58. The predicted octanol–water partition coefficient (Wildman–Crippen LogP) is 1.56. The van der Waals surface area contributed by atoms with E-state index in [1.165, 1.54) is 0 Å². The third-order valence-corrected chi connectivity index (χ3v) is 2.75. The first-order valence-corrected chi connectivity index (χ1v) is 5.72. The van der Waals surface area contributed by atoms with Crippen molar-refractivity contribution in [3.05, 3.63) is 28.2 Å². The molecular formula is C11H14BrNO4. The average molecular weight is 304 g/mol. The van der Waals surface area contributed by atoms with Crippen molar-refractivity contribution in [2.45, 2.75) is 6.04 Å². The molecule has 1 atom stereocenters. The molecule has 0 aliphatic carbocycles. The van der Waals surface area contributed by atoms with E-state index in [1.807, 2.05) is 12.1 Å². The first-order chi connectivity index (χ1) is 8.04. The number of ether oxygens (including phenoxy) is 2. The monoisotopic (exact) mass is 303 g/mol. The number of carboxylic acids is 1. The van der Waals surface area contributed by atoms with Crippen LogP contribution in [0.25, 0.3) is 0 Å². The molecule has 0 bridgehead atoms. The van der Waals surface area contributed by atoms with Gasteiger partial charge in [0.1, 0.15) is 12.4 Å². The molecule has 94 valence electrons. The van der Waals surface area contributed by atoms with Gasteiger partial charge in [-0.15, -0.1) is 0 Å². The Morgan fingerprint density at radius 3 is 2.82 bits per heavy atom. The van der Waals surface area contributed by atoms with Crippen LogP contribution in [0.2, 0.25) is 0 Å². The van der Waals surface area contributed by atoms with E-state index in [2.05, 4.69) is 15.9 Å². The summed E-state index contributed by atoms with van der Waals surface area (Å²) >= 11 is 3.35. The van der Waals surface area contributed by atoms with Crippen molar-refractivity contribution in [3.63, 3.8) is 0 Å². The van der Waals surface area contributed by atoms with Gasteiger partial charge in [0, 0.05) is 0 Å². The Labute approximate surface area is 108 Å². The molecule has 0 heterocycles. The van der Waals surface area contributed by atoms with Crippen molar-refractivity contribution in [3.8, 4) is 5.75 Å². The molecule has 1 aromatic rings. The highest BCUT2D eigenvalue weighted by atomic mass is 79.9. The lowest BCUT2D eigenvalue weighted by molar-refractivity contribution is -0.142. The largest absolute Gasteiger partial charge is 0.496 e. The maximum atomic E-state index is 10.3. The van der Waals surface area contributed by atoms with Gasteiger partial charge >= 0.3 is 5.97 Å². The zero-order chi connectivity index (χ0) is 12.8. The molecule has 0 saturated carbocycles. The fourth-order valence-electron chi connectivity index (χ4n) is 1.28. The van der Waals surface area contributed by atoms with Crippen LogP contribution in [0.4, 0.5) is 0 Å². The van der Waals surface area contributed by atoms with Crippen molar-refractivity contribution in [2.75, 3.05) is 20.3 Å². The summed E-state index contributed by atoms with van der Waals surface area (Å²) in [6, 6.07) is 5.07. The van der Waals surface area contributed by atoms with Gasteiger partial charge < -0.3 is 20.3 Å². The third kappa shape index (κ3) is 4.33. The minimum Gasteiger partial charge on any atom is -0.496 e. The zero-order valence-electron chi connectivity index (χ0n) is 9.35. The van der Waals surface area contributed by atoms with Crippen LogP contribution in [0.1, 0.15) is 11.6 Å². The summed E-state index contributed by atoms with van der Waals surface area (Å²) in [5, 5.41) is 8.42. The average Bonchev–Trinajstić information content (AvgIpc) is 2.28. The van der Waals surface area contributed by atoms with Crippen LogP contribution in [0, 0.1) is 0 Å². The number of halogens is 1. The molecule has 0 spiro atoms. The Kier molecular flexibility index (Phi) is 5.40. The standard InChI is InChI=1S/C11H14BrNO4/c1-16-10-3-2-7(4-8(10)12)9(13)5-17-6-11(14)15/h2-4,9H,5-6,13H2,1H3,(H,14,15). The highest BCUT2D eigenvalue weighted by Gasteiger charge is 2.09. The molecule has 0 saturated heterocycles. The summed E-state index contributed by atoms with van der Waals surface area (Å²) in [6.45, 7) is -0.184. The number of aliphatic carboxylic acids is 1. The Morgan fingerprint density at radius 2 is 2.29 bits per heavy atom. The summed E-state index contributed by atoms with van der Waals surface area (Å²) < 4.78 is 10.8. The fourth-order valence-corrected chi connectivity index (χ4v) is 1.84. The van der Waals surface area contributed by atoms with E-state index in [0.29, 0.717) is 5.75 Å². The highest BCUT2D eigenvalue weighted by Crippen LogP contribution is 2.27. The van der Waals surface area contributed by atoms with Crippen LogP contribution >= 0.6 is 15.9 Å². The molecule has 3 N–H and O–H groups in total. The Hall–Kier alpha value is -1.11. The summed E-state index contributed by atoms with van der Waals surface area (Å²) in [5.41, 5.74) is 6.71. The highest BCUT2D eigenvalue weighted by molar-refractivity contribution is 9.10. The molecule has 0 radical (unpaired) electrons. The van der Waals surface area contributed by atoms with Gasteiger partial charge in [0.15, 0.2) is 0 Å². The SMILES string of the molecule is COc1ccc(C(N)COCC(=O)O)cc1Br. The van der Waals surface area contributed by atoms with Crippen LogP contribution < -0.4 is 10.5 Å². The van der Waals surface area contributed by atoms with Gasteiger partial charge in [-0.3, -0.25) is 0 Å². The molecule has 6 heteroatoms.